The molecule has 10 rings (SSSR count). The quantitative estimate of drug-likeness (QED) is 0.150. The van der Waals surface area contributed by atoms with Crippen LogP contribution in [0, 0.1) is 0 Å². The van der Waals surface area contributed by atoms with Crippen molar-refractivity contribution in [1.82, 2.24) is 0 Å². The molecular formula is C54H39N. The largest absolute Gasteiger partial charge is 0.310 e. The zero-order chi connectivity index (χ0) is 36.6. The van der Waals surface area contributed by atoms with E-state index in [1.54, 1.807) is 0 Å². The third-order valence-corrected chi connectivity index (χ3v) is 11.1. The van der Waals surface area contributed by atoms with Crippen LogP contribution in [0.15, 0.2) is 206 Å². The van der Waals surface area contributed by atoms with E-state index in [1.165, 1.54) is 77.2 Å². The second-order valence-corrected chi connectivity index (χ2v) is 14.3. The smallest absolute Gasteiger partial charge is 0.0468 e. The predicted octanol–water partition coefficient (Wildman–Crippen LogP) is 15.1. The Balaban J connectivity index is 1.32. The molecular weight excluding hydrogens is 663 g/mol. The molecule has 55 heavy (non-hydrogen) atoms. The highest BCUT2D eigenvalue weighted by Gasteiger charge is 2.25. The monoisotopic (exact) mass is 701 g/mol. The van der Waals surface area contributed by atoms with Crippen LogP contribution in [-0.4, -0.2) is 0 Å². The Morgan fingerprint density at radius 3 is 1.47 bits per heavy atom. The van der Waals surface area contributed by atoms with Crippen molar-refractivity contribution >= 4 is 44.7 Å². The summed E-state index contributed by atoms with van der Waals surface area (Å²) >= 11 is 0. The second-order valence-electron chi connectivity index (χ2n) is 14.3. The summed E-state index contributed by atoms with van der Waals surface area (Å²) in [6, 6.07) is 72.9. The van der Waals surface area contributed by atoms with E-state index in [4.69, 9.17) is 0 Å². The summed E-state index contributed by atoms with van der Waals surface area (Å²) in [7, 11) is 0. The number of allylic oxidation sites excluding steroid dienone is 1. The second kappa shape index (κ2) is 14.1. The van der Waals surface area contributed by atoms with Gasteiger partial charge in [0.1, 0.15) is 0 Å². The van der Waals surface area contributed by atoms with Gasteiger partial charge in [0.15, 0.2) is 0 Å². The maximum atomic E-state index is 2.46. The fourth-order valence-corrected chi connectivity index (χ4v) is 8.60. The van der Waals surface area contributed by atoms with Crippen LogP contribution in [0.3, 0.4) is 0 Å². The van der Waals surface area contributed by atoms with E-state index in [0.717, 1.165) is 29.9 Å². The van der Waals surface area contributed by atoms with E-state index in [2.05, 4.69) is 217 Å². The molecule has 0 aliphatic heterocycles. The summed E-state index contributed by atoms with van der Waals surface area (Å²) in [6.07, 6.45) is 6.78. The number of hydrogen-bond acceptors (Lipinski definition) is 1. The van der Waals surface area contributed by atoms with Gasteiger partial charge in [-0.2, -0.15) is 0 Å². The molecule has 0 radical (unpaired) electrons. The van der Waals surface area contributed by atoms with Crippen molar-refractivity contribution in [3.63, 3.8) is 0 Å². The van der Waals surface area contributed by atoms with Crippen LogP contribution in [-0.2, 0) is 6.42 Å². The first-order valence-corrected chi connectivity index (χ1v) is 19.2. The summed E-state index contributed by atoms with van der Waals surface area (Å²) < 4.78 is 0. The van der Waals surface area contributed by atoms with E-state index in [9.17, 15) is 0 Å². The lowest BCUT2D eigenvalue weighted by molar-refractivity contribution is 1.00. The molecule has 0 amide bonds. The van der Waals surface area contributed by atoms with Crippen molar-refractivity contribution in [2.24, 2.45) is 0 Å². The Morgan fingerprint density at radius 1 is 0.364 bits per heavy atom. The highest BCUT2D eigenvalue weighted by Crippen LogP contribution is 2.50. The van der Waals surface area contributed by atoms with Crippen molar-refractivity contribution in [2.45, 2.75) is 12.8 Å². The van der Waals surface area contributed by atoms with Crippen molar-refractivity contribution < 1.29 is 0 Å². The lowest BCUT2D eigenvalue weighted by Crippen LogP contribution is -2.10. The third kappa shape index (κ3) is 5.91. The molecule has 0 atom stereocenters. The van der Waals surface area contributed by atoms with Crippen LogP contribution < -0.4 is 4.90 Å². The Bertz CT molecular complexity index is 2770. The fourth-order valence-electron chi connectivity index (χ4n) is 8.60. The highest BCUT2D eigenvalue weighted by atomic mass is 15.1. The number of fused-ring (bicyclic) bond motifs is 6. The van der Waals surface area contributed by atoms with Gasteiger partial charge in [0.2, 0.25) is 0 Å². The molecule has 0 saturated carbocycles. The molecule has 0 bridgehead atoms. The van der Waals surface area contributed by atoms with E-state index < -0.39 is 0 Å². The molecule has 9 aromatic rings. The van der Waals surface area contributed by atoms with E-state index >= 15 is 0 Å². The molecule has 1 nitrogen and oxygen atoms in total. The molecule has 0 N–H and O–H groups in total. The van der Waals surface area contributed by atoms with Gasteiger partial charge in [-0.25, -0.2) is 0 Å². The van der Waals surface area contributed by atoms with Crippen LogP contribution in [0.5, 0.6) is 0 Å². The van der Waals surface area contributed by atoms with Gasteiger partial charge in [0.25, 0.3) is 0 Å². The number of rotatable bonds is 7. The Kier molecular flexibility index (Phi) is 8.39. The number of para-hydroxylation sites is 2. The Hall–Kier alpha value is -6.96. The lowest BCUT2D eigenvalue weighted by atomic mass is 9.78. The number of nitrogens with zero attached hydrogens (tertiary/aromatic N) is 1. The van der Waals surface area contributed by atoms with Crippen LogP contribution >= 0.6 is 0 Å². The predicted molar refractivity (Wildman–Crippen MR) is 235 cm³/mol. The zero-order valence-corrected chi connectivity index (χ0v) is 30.6. The van der Waals surface area contributed by atoms with Crippen LogP contribution in [0.2, 0.25) is 0 Å². The summed E-state index contributed by atoms with van der Waals surface area (Å²) in [5.74, 6) is 0. The van der Waals surface area contributed by atoms with E-state index in [-0.39, 0.29) is 0 Å². The average molecular weight is 702 g/mol. The SMILES string of the molecule is C1=Cc2c(c3cc(N(c4ccccc4)c4ccccc4)ccc3c3c(-c4ccccc4)cc(-c4ccccc4)c(-c4ccc(-c5ccccc5)cc4)c23)CC1. The van der Waals surface area contributed by atoms with Gasteiger partial charge in [-0.1, -0.05) is 170 Å². The van der Waals surface area contributed by atoms with Crippen molar-refractivity contribution in [3.8, 4) is 44.5 Å². The Morgan fingerprint density at radius 2 is 0.873 bits per heavy atom. The van der Waals surface area contributed by atoms with Crippen molar-refractivity contribution in [3.05, 3.63) is 217 Å². The van der Waals surface area contributed by atoms with Crippen LogP contribution in [0.4, 0.5) is 17.1 Å². The maximum absolute atomic E-state index is 2.46. The van der Waals surface area contributed by atoms with Crippen molar-refractivity contribution in [2.75, 3.05) is 4.90 Å². The zero-order valence-electron chi connectivity index (χ0n) is 30.6. The van der Waals surface area contributed by atoms with Gasteiger partial charge >= 0.3 is 0 Å². The number of anilines is 3. The molecule has 260 valence electrons. The normalized spacial score (nSPS) is 12.1. The van der Waals surface area contributed by atoms with Gasteiger partial charge in [-0.05, 0) is 132 Å². The topological polar surface area (TPSA) is 3.24 Å². The number of hydrogen-bond donors (Lipinski definition) is 0. The van der Waals surface area contributed by atoms with Crippen LogP contribution in [0.1, 0.15) is 17.5 Å². The molecule has 0 fully saturated rings. The number of aryl methyl sites for hydroxylation is 1. The molecule has 0 spiro atoms. The first kappa shape index (κ1) is 32.7. The lowest BCUT2D eigenvalue weighted by Gasteiger charge is -2.28. The highest BCUT2D eigenvalue weighted by molar-refractivity contribution is 6.25. The van der Waals surface area contributed by atoms with Gasteiger partial charge in [-0.15, -0.1) is 0 Å². The van der Waals surface area contributed by atoms with E-state index in [0.29, 0.717) is 0 Å². The Labute approximate surface area is 323 Å². The average Bonchev–Trinajstić information content (AvgIpc) is 3.27. The van der Waals surface area contributed by atoms with Gasteiger partial charge < -0.3 is 4.90 Å². The minimum Gasteiger partial charge on any atom is -0.310 e. The molecule has 1 aliphatic rings. The summed E-state index contributed by atoms with van der Waals surface area (Å²) in [5, 5.41) is 5.22. The minimum atomic E-state index is 0.987. The summed E-state index contributed by atoms with van der Waals surface area (Å²) in [5.41, 5.74) is 16.1. The van der Waals surface area contributed by atoms with Gasteiger partial charge in [0, 0.05) is 17.1 Å². The minimum absolute atomic E-state index is 0.987. The van der Waals surface area contributed by atoms with Gasteiger partial charge in [0.05, 0.1) is 0 Å². The maximum Gasteiger partial charge on any atom is 0.0468 e. The molecule has 0 heterocycles. The van der Waals surface area contributed by atoms with Gasteiger partial charge in [-0.3, -0.25) is 0 Å². The van der Waals surface area contributed by atoms with Crippen LogP contribution in [0.25, 0.3) is 72.1 Å². The molecule has 0 unspecified atom stereocenters. The number of benzene rings is 9. The standard InChI is InChI=1S/C54H39N/c1-6-18-38(19-7-1)39-30-32-42(33-31-39)52-49(40-20-8-2-9-21-40)37-50(41-22-10-3-11-23-41)53-48-35-34-45(36-51(48)46-28-16-17-29-47(46)54(52)53)55(43-24-12-4-13-25-43)44-26-14-5-15-27-44/h1-15,17-27,29-37H,16,28H2. The molecule has 0 saturated heterocycles. The first-order valence-electron chi connectivity index (χ1n) is 19.2. The summed E-state index contributed by atoms with van der Waals surface area (Å²) in [6.45, 7) is 0. The van der Waals surface area contributed by atoms with E-state index in [1.807, 2.05) is 0 Å². The third-order valence-electron chi connectivity index (χ3n) is 11.1. The fraction of sp³-hybridized carbons (Fsp3) is 0.0370. The summed E-state index contributed by atoms with van der Waals surface area (Å²) in [4.78, 5) is 2.38. The van der Waals surface area contributed by atoms with Crippen molar-refractivity contribution in [1.29, 1.82) is 0 Å². The molecule has 9 aromatic carbocycles. The molecule has 1 aliphatic carbocycles. The molecule has 0 aromatic heterocycles. The first-order chi connectivity index (χ1) is 27.3. The molecule has 1 heteroatoms.